The van der Waals surface area contributed by atoms with E-state index in [0.29, 0.717) is 17.0 Å². The fourth-order valence-corrected chi connectivity index (χ4v) is 4.02. The molecule has 1 aliphatic rings. The van der Waals surface area contributed by atoms with Crippen molar-refractivity contribution in [3.8, 4) is 0 Å². The highest BCUT2D eigenvalue weighted by atomic mass is 35.5. The van der Waals surface area contributed by atoms with Crippen LogP contribution in [0.1, 0.15) is 28.3 Å². The zero-order valence-electron chi connectivity index (χ0n) is 14.7. The van der Waals surface area contributed by atoms with Crippen LogP contribution in [0.5, 0.6) is 0 Å². The van der Waals surface area contributed by atoms with Gasteiger partial charge in [0.2, 0.25) is 0 Å². The summed E-state index contributed by atoms with van der Waals surface area (Å²) < 4.78 is 0. The van der Waals surface area contributed by atoms with Crippen LogP contribution in [-0.4, -0.2) is 23.2 Å². The molecule has 1 fully saturated rings. The van der Waals surface area contributed by atoms with E-state index in [4.69, 9.17) is 11.6 Å². The number of carbonyl (C=O) groups excluding carboxylic acids is 1. The Morgan fingerprint density at radius 1 is 0.889 bits per heavy atom. The van der Waals surface area contributed by atoms with Gasteiger partial charge in [-0.2, -0.15) is 0 Å². The Hall–Kier alpha value is -2.62. The van der Waals surface area contributed by atoms with E-state index < -0.39 is 12.3 Å². The molecule has 27 heavy (non-hydrogen) atoms. The van der Waals surface area contributed by atoms with E-state index >= 15 is 0 Å². The fourth-order valence-electron chi connectivity index (χ4n) is 3.90. The van der Waals surface area contributed by atoms with Gasteiger partial charge in [-0.15, -0.1) is 0 Å². The third-order valence-electron chi connectivity index (χ3n) is 5.15. The predicted molar refractivity (Wildman–Crippen MR) is 108 cm³/mol. The summed E-state index contributed by atoms with van der Waals surface area (Å²) >= 11 is 6.03. The van der Waals surface area contributed by atoms with Gasteiger partial charge >= 0.3 is 0 Å². The minimum atomic E-state index is -0.742. The van der Waals surface area contributed by atoms with E-state index in [-0.39, 0.29) is 11.7 Å². The normalized spacial score (nSPS) is 22.0. The van der Waals surface area contributed by atoms with Crippen molar-refractivity contribution in [1.29, 1.82) is 0 Å². The van der Waals surface area contributed by atoms with Crippen molar-refractivity contribution in [2.24, 2.45) is 0 Å². The SMILES string of the molecule is O=C(c1ccccc1)[C@H]1[C@H](c2ccccc2)C[C@@H](O)N1c1ccc(Cl)cc1. The number of aliphatic hydroxyl groups excluding tert-OH is 1. The van der Waals surface area contributed by atoms with Crippen LogP contribution >= 0.6 is 11.6 Å². The van der Waals surface area contributed by atoms with Crippen LogP contribution in [0.15, 0.2) is 84.9 Å². The molecular formula is C23H20ClNO2. The van der Waals surface area contributed by atoms with Crippen molar-refractivity contribution < 1.29 is 9.90 Å². The summed E-state index contributed by atoms with van der Waals surface area (Å²) in [6.45, 7) is 0. The first-order valence-electron chi connectivity index (χ1n) is 9.01. The van der Waals surface area contributed by atoms with Crippen LogP contribution in [0.2, 0.25) is 5.02 Å². The number of hydrogen-bond donors (Lipinski definition) is 1. The molecule has 0 aromatic heterocycles. The molecular weight excluding hydrogens is 358 g/mol. The molecule has 3 aromatic carbocycles. The number of anilines is 1. The van der Waals surface area contributed by atoms with Gasteiger partial charge in [-0.3, -0.25) is 4.79 Å². The fraction of sp³-hybridized carbons (Fsp3) is 0.174. The Bertz CT molecular complexity index is 912. The van der Waals surface area contributed by atoms with Gasteiger partial charge in [-0.25, -0.2) is 0 Å². The molecule has 0 unspecified atom stereocenters. The van der Waals surface area contributed by atoms with Gasteiger partial charge in [0, 0.05) is 28.6 Å². The maximum atomic E-state index is 13.4. The lowest BCUT2D eigenvalue weighted by atomic mass is 9.87. The lowest BCUT2D eigenvalue weighted by Gasteiger charge is -2.31. The summed E-state index contributed by atoms with van der Waals surface area (Å²) in [5.41, 5.74) is 2.50. The first-order valence-corrected chi connectivity index (χ1v) is 9.39. The van der Waals surface area contributed by atoms with Crippen LogP contribution in [0, 0.1) is 0 Å². The molecule has 0 spiro atoms. The molecule has 136 valence electrons. The van der Waals surface area contributed by atoms with Gasteiger partial charge in [0.15, 0.2) is 5.78 Å². The lowest BCUT2D eigenvalue weighted by molar-refractivity contribution is 0.0946. The van der Waals surface area contributed by atoms with E-state index in [1.165, 1.54) is 0 Å². The van der Waals surface area contributed by atoms with E-state index in [9.17, 15) is 9.90 Å². The maximum absolute atomic E-state index is 13.4. The molecule has 0 saturated carbocycles. The Kier molecular flexibility index (Phi) is 4.97. The Balaban J connectivity index is 1.79. The second kappa shape index (κ2) is 7.55. The van der Waals surface area contributed by atoms with Crippen LogP contribution in [0.4, 0.5) is 5.69 Å². The number of hydrogen-bond acceptors (Lipinski definition) is 3. The average Bonchev–Trinajstić information content (AvgIpc) is 3.06. The van der Waals surface area contributed by atoms with E-state index in [0.717, 1.165) is 11.3 Å². The van der Waals surface area contributed by atoms with Gasteiger partial charge in [-0.05, 0) is 29.8 Å². The van der Waals surface area contributed by atoms with Gasteiger partial charge < -0.3 is 10.0 Å². The van der Waals surface area contributed by atoms with Crippen LogP contribution < -0.4 is 4.90 Å². The average molecular weight is 378 g/mol. The van der Waals surface area contributed by atoms with Gasteiger partial charge in [0.05, 0.1) is 0 Å². The van der Waals surface area contributed by atoms with Crippen molar-refractivity contribution in [2.45, 2.75) is 24.6 Å². The smallest absolute Gasteiger partial charge is 0.185 e. The number of benzene rings is 3. The Morgan fingerprint density at radius 3 is 2.11 bits per heavy atom. The zero-order valence-corrected chi connectivity index (χ0v) is 15.5. The molecule has 0 radical (unpaired) electrons. The number of halogens is 1. The summed E-state index contributed by atoms with van der Waals surface area (Å²) in [5.74, 6) is -0.0828. The number of nitrogens with zero attached hydrogens (tertiary/aromatic N) is 1. The highest BCUT2D eigenvalue weighted by Crippen LogP contribution is 2.41. The van der Waals surface area contributed by atoms with Crippen molar-refractivity contribution >= 4 is 23.1 Å². The number of rotatable bonds is 4. The summed E-state index contributed by atoms with van der Waals surface area (Å²) in [6, 6.07) is 26.0. The first kappa shape index (κ1) is 17.8. The zero-order chi connectivity index (χ0) is 18.8. The number of ketones is 1. The monoisotopic (exact) mass is 377 g/mol. The summed E-state index contributed by atoms with van der Waals surface area (Å²) in [6.07, 6.45) is -0.246. The number of carbonyl (C=O) groups is 1. The van der Waals surface area contributed by atoms with E-state index in [1.54, 1.807) is 12.1 Å². The second-order valence-corrected chi connectivity index (χ2v) is 7.23. The summed E-state index contributed by atoms with van der Waals surface area (Å²) in [4.78, 5) is 15.3. The Morgan fingerprint density at radius 2 is 1.48 bits per heavy atom. The molecule has 1 N–H and O–H groups in total. The minimum absolute atomic E-state index is 0.0101. The maximum Gasteiger partial charge on any atom is 0.185 e. The molecule has 3 nitrogen and oxygen atoms in total. The minimum Gasteiger partial charge on any atom is -0.374 e. The highest BCUT2D eigenvalue weighted by molar-refractivity contribution is 6.30. The molecule has 4 heteroatoms. The van der Waals surface area contributed by atoms with Gasteiger partial charge in [-0.1, -0.05) is 72.3 Å². The second-order valence-electron chi connectivity index (χ2n) is 6.79. The molecule has 1 saturated heterocycles. The van der Waals surface area contributed by atoms with Gasteiger partial charge in [0.25, 0.3) is 0 Å². The van der Waals surface area contributed by atoms with Crippen molar-refractivity contribution in [3.05, 3.63) is 101 Å². The van der Waals surface area contributed by atoms with Gasteiger partial charge in [0.1, 0.15) is 12.3 Å². The molecule has 3 aromatic rings. The number of Topliss-reactive ketones (excluding diaryl/α,β-unsaturated/α-hetero) is 1. The predicted octanol–water partition coefficient (Wildman–Crippen LogP) is 4.90. The van der Waals surface area contributed by atoms with Crippen LogP contribution in [0.3, 0.4) is 0 Å². The third-order valence-corrected chi connectivity index (χ3v) is 5.40. The molecule has 3 atom stereocenters. The van der Waals surface area contributed by atoms with Crippen molar-refractivity contribution in [2.75, 3.05) is 4.90 Å². The summed E-state index contributed by atoms with van der Waals surface area (Å²) in [5, 5.41) is 11.5. The molecule has 1 heterocycles. The standard InChI is InChI=1S/C23H20ClNO2/c24-18-11-13-19(14-12-18)25-21(26)15-20(16-7-3-1-4-8-16)22(25)23(27)17-9-5-2-6-10-17/h1-14,20-22,26H,15H2/t20-,21+,22+/m0/s1. The number of aliphatic hydroxyl groups is 1. The molecule has 0 amide bonds. The lowest BCUT2D eigenvalue weighted by Crippen LogP contribution is -2.42. The van der Waals surface area contributed by atoms with E-state index in [2.05, 4.69) is 0 Å². The molecule has 0 bridgehead atoms. The van der Waals surface area contributed by atoms with Crippen LogP contribution in [-0.2, 0) is 0 Å². The molecule has 4 rings (SSSR count). The molecule has 1 aliphatic heterocycles. The quantitative estimate of drug-likeness (QED) is 0.657. The first-order chi connectivity index (χ1) is 13.1. The largest absolute Gasteiger partial charge is 0.374 e. The molecule has 0 aliphatic carbocycles. The van der Waals surface area contributed by atoms with Crippen molar-refractivity contribution in [1.82, 2.24) is 0 Å². The summed E-state index contributed by atoms with van der Waals surface area (Å²) in [7, 11) is 0. The Labute approximate surface area is 163 Å². The highest BCUT2D eigenvalue weighted by Gasteiger charge is 2.45. The van der Waals surface area contributed by atoms with Crippen LogP contribution in [0.25, 0.3) is 0 Å². The van der Waals surface area contributed by atoms with E-state index in [1.807, 2.05) is 77.7 Å². The van der Waals surface area contributed by atoms with Crippen molar-refractivity contribution in [3.63, 3.8) is 0 Å². The third kappa shape index (κ3) is 3.48. The topological polar surface area (TPSA) is 40.5 Å².